The number of nitrogens with one attached hydrogen (secondary N) is 1. The minimum atomic E-state index is 0.124. The van der Waals surface area contributed by atoms with E-state index in [2.05, 4.69) is 19.2 Å². The van der Waals surface area contributed by atoms with Crippen molar-refractivity contribution in [2.24, 2.45) is 0 Å². The summed E-state index contributed by atoms with van der Waals surface area (Å²) in [6.07, 6.45) is 6.73. The third kappa shape index (κ3) is 5.91. The Morgan fingerprint density at radius 3 is 2.47 bits per heavy atom. The Labute approximate surface area is 117 Å². The second-order valence-electron chi connectivity index (χ2n) is 5.52. The molecule has 0 atom stereocenters. The van der Waals surface area contributed by atoms with Gasteiger partial charge in [0.2, 0.25) is 5.91 Å². The van der Waals surface area contributed by atoms with E-state index in [-0.39, 0.29) is 12.5 Å². The van der Waals surface area contributed by atoms with Gasteiger partial charge < -0.3 is 15.0 Å². The van der Waals surface area contributed by atoms with E-state index >= 15 is 0 Å². The molecule has 1 aliphatic carbocycles. The topological polar surface area (TPSA) is 41.6 Å². The van der Waals surface area contributed by atoms with Crippen molar-refractivity contribution in [1.29, 1.82) is 0 Å². The number of rotatable bonds is 8. The molecule has 4 nitrogen and oxygen atoms in total. The monoisotopic (exact) mass is 270 g/mol. The third-order valence-corrected chi connectivity index (χ3v) is 3.89. The Bertz CT molecular complexity index is 251. The highest BCUT2D eigenvalue weighted by Gasteiger charge is 2.25. The van der Waals surface area contributed by atoms with Gasteiger partial charge in [0, 0.05) is 25.7 Å². The maximum Gasteiger partial charge on any atom is 0.248 e. The fourth-order valence-corrected chi connectivity index (χ4v) is 2.62. The fourth-order valence-electron chi connectivity index (χ4n) is 2.62. The normalized spacial score (nSPS) is 23.3. The van der Waals surface area contributed by atoms with Gasteiger partial charge in [-0.25, -0.2) is 0 Å². The van der Waals surface area contributed by atoms with E-state index in [0.29, 0.717) is 18.7 Å². The second-order valence-corrected chi connectivity index (χ2v) is 5.52. The van der Waals surface area contributed by atoms with Crippen molar-refractivity contribution in [3.05, 3.63) is 0 Å². The molecule has 1 saturated carbocycles. The Hall–Kier alpha value is -0.610. The van der Waals surface area contributed by atoms with Crippen molar-refractivity contribution in [1.82, 2.24) is 10.2 Å². The number of likely N-dealkylation sites (N-methyl/N-ethyl adjacent to an activating group) is 1. The molecule has 0 saturated heterocycles. The van der Waals surface area contributed by atoms with Gasteiger partial charge in [0.05, 0.1) is 0 Å². The summed E-state index contributed by atoms with van der Waals surface area (Å²) in [4.78, 5) is 13.9. The summed E-state index contributed by atoms with van der Waals surface area (Å²) in [6, 6.07) is 1.05. The van der Waals surface area contributed by atoms with E-state index in [0.717, 1.165) is 25.8 Å². The Kier molecular flexibility index (Phi) is 8.07. The third-order valence-electron chi connectivity index (χ3n) is 3.89. The summed E-state index contributed by atoms with van der Waals surface area (Å²) >= 11 is 0. The summed E-state index contributed by atoms with van der Waals surface area (Å²) in [5.74, 6) is 0.124. The summed E-state index contributed by atoms with van der Waals surface area (Å²) in [5, 5.41) is 3.57. The molecule has 0 bridgehead atoms. The van der Waals surface area contributed by atoms with Crippen LogP contribution in [0.25, 0.3) is 0 Å². The molecule has 4 heteroatoms. The van der Waals surface area contributed by atoms with Gasteiger partial charge in [-0.3, -0.25) is 4.79 Å². The zero-order valence-corrected chi connectivity index (χ0v) is 12.8. The lowest BCUT2D eigenvalue weighted by Crippen LogP contribution is -2.44. The molecule has 0 aliphatic heterocycles. The quantitative estimate of drug-likeness (QED) is 0.687. The van der Waals surface area contributed by atoms with Crippen molar-refractivity contribution in [3.63, 3.8) is 0 Å². The average molecular weight is 270 g/mol. The first kappa shape index (κ1) is 16.4. The number of amides is 1. The average Bonchev–Trinajstić information content (AvgIpc) is 2.45. The van der Waals surface area contributed by atoms with E-state index in [9.17, 15) is 4.79 Å². The van der Waals surface area contributed by atoms with E-state index in [1.165, 1.54) is 19.3 Å². The molecule has 0 radical (unpaired) electrons. The molecule has 112 valence electrons. The van der Waals surface area contributed by atoms with Gasteiger partial charge in [-0.15, -0.1) is 0 Å². The van der Waals surface area contributed by atoms with Crippen molar-refractivity contribution < 1.29 is 9.53 Å². The minimum Gasteiger partial charge on any atom is -0.372 e. The predicted octanol–water partition coefficient (Wildman–Crippen LogP) is 2.18. The Morgan fingerprint density at radius 1 is 1.21 bits per heavy atom. The molecule has 0 aromatic rings. The highest BCUT2D eigenvalue weighted by Crippen LogP contribution is 2.22. The molecule has 0 heterocycles. The number of nitrogens with zero attached hydrogens (tertiary/aromatic N) is 1. The standard InChI is InChI=1S/C15H30N2O2/c1-4-10-16-13-6-8-14(9-7-13)17(3)15(18)12-19-11-5-2/h13-14,16H,4-12H2,1-3H3. The summed E-state index contributed by atoms with van der Waals surface area (Å²) < 4.78 is 5.33. The first-order valence-corrected chi connectivity index (χ1v) is 7.75. The van der Waals surface area contributed by atoms with E-state index in [1.54, 1.807) is 0 Å². The number of ether oxygens (including phenoxy) is 1. The summed E-state index contributed by atoms with van der Waals surface area (Å²) in [5.41, 5.74) is 0. The number of carbonyl (C=O) groups excluding carboxylic acids is 1. The van der Waals surface area contributed by atoms with Crippen LogP contribution in [0.1, 0.15) is 52.4 Å². The lowest BCUT2D eigenvalue weighted by molar-refractivity contribution is -0.137. The minimum absolute atomic E-state index is 0.124. The lowest BCUT2D eigenvalue weighted by atomic mass is 9.90. The number of carbonyl (C=O) groups is 1. The number of hydrogen-bond donors (Lipinski definition) is 1. The van der Waals surface area contributed by atoms with Crippen molar-refractivity contribution in [3.8, 4) is 0 Å². The molecule has 1 amide bonds. The Morgan fingerprint density at radius 2 is 1.89 bits per heavy atom. The van der Waals surface area contributed by atoms with Gasteiger partial charge in [-0.2, -0.15) is 0 Å². The molecule has 19 heavy (non-hydrogen) atoms. The molecule has 0 unspecified atom stereocenters. The van der Waals surface area contributed by atoms with Gasteiger partial charge in [0.15, 0.2) is 0 Å². The Balaban J connectivity index is 2.23. The second kappa shape index (κ2) is 9.32. The first-order chi connectivity index (χ1) is 9.19. The zero-order chi connectivity index (χ0) is 14.1. The van der Waals surface area contributed by atoms with Crippen LogP contribution in [0.4, 0.5) is 0 Å². The van der Waals surface area contributed by atoms with Crippen LogP contribution in [0.2, 0.25) is 0 Å². The molecule has 1 aliphatic rings. The fraction of sp³-hybridized carbons (Fsp3) is 0.933. The molecule has 1 rings (SSSR count). The molecule has 0 aromatic heterocycles. The maximum atomic E-state index is 12.0. The number of hydrogen-bond acceptors (Lipinski definition) is 3. The molecule has 0 spiro atoms. The van der Waals surface area contributed by atoms with E-state index < -0.39 is 0 Å². The molecule has 1 N–H and O–H groups in total. The van der Waals surface area contributed by atoms with Crippen LogP contribution in [-0.2, 0) is 9.53 Å². The summed E-state index contributed by atoms with van der Waals surface area (Å²) in [7, 11) is 1.92. The lowest BCUT2D eigenvalue weighted by Gasteiger charge is -2.35. The summed E-state index contributed by atoms with van der Waals surface area (Å²) in [6.45, 7) is 6.26. The zero-order valence-electron chi connectivity index (χ0n) is 12.8. The predicted molar refractivity (Wildman–Crippen MR) is 78.2 cm³/mol. The maximum absolute atomic E-state index is 12.0. The molecular weight excluding hydrogens is 240 g/mol. The van der Waals surface area contributed by atoms with Gasteiger partial charge in [-0.1, -0.05) is 13.8 Å². The van der Waals surface area contributed by atoms with Gasteiger partial charge in [0.25, 0.3) is 0 Å². The van der Waals surface area contributed by atoms with Crippen LogP contribution >= 0.6 is 0 Å². The van der Waals surface area contributed by atoms with Crippen molar-refractivity contribution >= 4 is 5.91 Å². The van der Waals surface area contributed by atoms with Crippen molar-refractivity contribution in [2.45, 2.75) is 64.5 Å². The smallest absolute Gasteiger partial charge is 0.248 e. The largest absolute Gasteiger partial charge is 0.372 e. The SMILES string of the molecule is CCCNC1CCC(N(C)C(=O)COCCC)CC1. The van der Waals surface area contributed by atoms with Crippen LogP contribution < -0.4 is 5.32 Å². The van der Waals surface area contributed by atoms with Crippen LogP contribution in [-0.4, -0.2) is 49.7 Å². The molecule has 1 fully saturated rings. The molecule has 0 aromatic carbocycles. The van der Waals surface area contributed by atoms with Crippen molar-refractivity contribution in [2.75, 3.05) is 26.8 Å². The highest BCUT2D eigenvalue weighted by atomic mass is 16.5. The first-order valence-electron chi connectivity index (χ1n) is 7.75. The van der Waals surface area contributed by atoms with Gasteiger partial charge in [-0.05, 0) is 45.1 Å². The van der Waals surface area contributed by atoms with Crippen LogP contribution in [0, 0.1) is 0 Å². The van der Waals surface area contributed by atoms with Crippen LogP contribution in [0.5, 0.6) is 0 Å². The highest BCUT2D eigenvalue weighted by molar-refractivity contribution is 5.77. The molecular formula is C15H30N2O2. The van der Waals surface area contributed by atoms with Gasteiger partial charge >= 0.3 is 0 Å². The van der Waals surface area contributed by atoms with E-state index in [1.807, 2.05) is 11.9 Å². The van der Waals surface area contributed by atoms with Gasteiger partial charge in [0.1, 0.15) is 6.61 Å². The van der Waals surface area contributed by atoms with Crippen LogP contribution in [0.3, 0.4) is 0 Å². The van der Waals surface area contributed by atoms with Crippen LogP contribution in [0.15, 0.2) is 0 Å². The van der Waals surface area contributed by atoms with E-state index in [4.69, 9.17) is 4.74 Å².